The molecule has 0 saturated carbocycles. The summed E-state index contributed by atoms with van der Waals surface area (Å²) in [6.45, 7) is 0.267. The molecule has 0 aliphatic rings. The first-order valence-electron chi connectivity index (χ1n) is 9.90. The molecule has 0 heterocycles. The van der Waals surface area contributed by atoms with Gasteiger partial charge in [-0.3, -0.25) is 10.1 Å². The Morgan fingerprint density at radius 3 is 2.27 bits per heavy atom. The minimum absolute atomic E-state index is 0.0950. The van der Waals surface area contributed by atoms with Gasteiger partial charge in [-0.25, -0.2) is 8.42 Å². The summed E-state index contributed by atoms with van der Waals surface area (Å²) >= 11 is 11.0. The third-order valence-corrected chi connectivity index (χ3v) is 6.88. The molecule has 0 bridgehead atoms. The third-order valence-electron chi connectivity index (χ3n) is 4.60. The number of carbonyl (C=O) groups is 1. The van der Waals surface area contributed by atoms with Crippen LogP contribution in [0.4, 0.5) is 5.69 Å². The molecule has 0 spiro atoms. The number of nitrogens with one attached hydrogen (secondary N) is 2. The number of rotatable bonds is 7. The molecule has 0 fully saturated rings. The van der Waals surface area contributed by atoms with Gasteiger partial charge in [-0.1, -0.05) is 54.1 Å². The summed E-state index contributed by atoms with van der Waals surface area (Å²) in [4.78, 5) is 12.2. The molecule has 0 radical (unpaired) electrons. The summed E-state index contributed by atoms with van der Waals surface area (Å²) in [5, 5.41) is 6.12. The number of sulfonamides is 1. The minimum atomic E-state index is -3.65. The molecule has 0 unspecified atom stereocenters. The predicted molar refractivity (Wildman–Crippen MR) is 136 cm³/mol. The standard InChI is InChI=1S/C24H22ClN3O3S2/c1-28(17-19-5-3-2-4-6-19)33(30,31)22-14-12-21(13-15-22)26-24(32)27-23(29)16-9-18-7-10-20(25)11-8-18/h2-16H,17H2,1H3,(H2,26,27,29,32)/b16-9+. The van der Waals surface area contributed by atoms with Crippen molar-refractivity contribution < 1.29 is 13.2 Å². The highest BCUT2D eigenvalue weighted by Crippen LogP contribution is 2.19. The predicted octanol–water partition coefficient (Wildman–Crippen LogP) is 4.69. The second-order valence-corrected chi connectivity index (χ2v) is 9.99. The van der Waals surface area contributed by atoms with Crippen molar-refractivity contribution in [2.45, 2.75) is 11.4 Å². The lowest BCUT2D eigenvalue weighted by Gasteiger charge is -2.17. The van der Waals surface area contributed by atoms with Gasteiger partial charge in [0.15, 0.2) is 5.11 Å². The molecule has 0 aliphatic carbocycles. The van der Waals surface area contributed by atoms with Crippen molar-refractivity contribution in [3.63, 3.8) is 0 Å². The zero-order valence-electron chi connectivity index (χ0n) is 17.7. The van der Waals surface area contributed by atoms with Gasteiger partial charge < -0.3 is 5.32 Å². The maximum absolute atomic E-state index is 12.8. The molecule has 9 heteroatoms. The van der Waals surface area contributed by atoms with Crippen LogP contribution in [-0.4, -0.2) is 30.8 Å². The van der Waals surface area contributed by atoms with E-state index in [2.05, 4.69) is 10.6 Å². The highest BCUT2D eigenvalue weighted by Gasteiger charge is 2.20. The average Bonchev–Trinajstić information content (AvgIpc) is 2.79. The first-order valence-corrected chi connectivity index (χ1v) is 12.1. The van der Waals surface area contributed by atoms with Gasteiger partial charge in [-0.15, -0.1) is 0 Å². The van der Waals surface area contributed by atoms with E-state index in [-0.39, 0.29) is 16.6 Å². The van der Waals surface area contributed by atoms with Gasteiger partial charge in [-0.2, -0.15) is 4.31 Å². The van der Waals surface area contributed by atoms with Crippen molar-refractivity contribution >= 4 is 56.6 Å². The van der Waals surface area contributed by atoms with Gasteiger partial charge in [0.05, 0.1) is 4.90 Å². The lowest BCUT2D eigenvalue weighted by Crippen LogP contribution is -2.32. The quantitative estimate of drug-likeness (QED) is 0.364. The van der Waals surface area contributed by atoms with Gasteiger partial charge in [0.1, 0.15) is 0 Å². The number of hydrogen-bond donors (Lipinski definition) is 2. The Hall–Kier alpha value is -3.04. The van der Waals surface area contributed by atoms with Gasteiger partial charge in [-0.05, 0) is 65.8 Å². The summed E-state index contributed by atoms with van der Waals surface area (Å²) < 4.78 is 27.0. The van der Waals surface area contributed by atoms with E-state index in [9.17, 15) is 13.2 Å². The summed E-state index contributed by atoms with van der Waals surface area (Å²) in [7, 11) is -2.11. The lowest BCUT2D eigenvalue weighted by atomic mass is 10.2. The van der Waals surface area contributed by atoms with Crippen molar-refractivity contribution in [3.05, 3.63) is 101 Å². The maximum atomic E-state index is 12.8. The highest BCUT2D eigenvalue weighted by atomic mass is 35.5. The molecule has 33 heavy (non-hydrogen) atoms. The Morgan fingerprint density at radius 2 is 1.64 bits per heavy atom. The topological polar surface area (TPSA) is 78.5 Å². The fourth-order valence-electron chi connectivity index (χ4n) is 2.88. The van der Waals surface area contributed by atoms with Crippen LogP contribution in [0.5, 0.6) is 0 Å². The summed E-state index contributed by atoms with van der Waals surface area (Å²) in [6, 6.07) is 22.6. The van der Waals surface area contributed by atoms with Gasteiger partial charge in [0, 0.05) is 30.4 Å². The van der Waals surface area contributed by atoms with Gasteiger partial charge in [0.2, 0.25) is 15.9 Å². The number of carbonyl (C=O) groups excluding carboxylic acids is 1. The van der Waals surface area contributed by atoms with Crippen molar-refractivity contribution in [1.82, 2.24) is 9.62 Å². The van der Waals surface area contributed by atoms with Crippen LogP contribution in [0.3, 0.4) is 0 Å². The summed E-state index contributed by atoms with van der Waals surface area (Å²) in [5.74, 6) is -0.399. The van der Waals surface area contributed by atoms with Gasteiger partial charge >= 0.3 is 0 Å². The van der Waals surface area contributed by atoms with E-state index in [1.165, 1.54) is 29.6 Å². The molecule has 3 aromatic rings. The molecular weight excluding hydrogens is 478 g/mol. The monoisotopic (exact) mass is 499 g/mol. The number of thiocarbonyl (C=S) groups is 1. The number of amides is 1. The molecule has 0 saturated heterocycles. The van der Waals surface area contributed by atoms with E-state index in [1.807, 2.05) is 30.3 Å². The molecular formula is C24H22ClN3O3S2. The third kappa shape index (κ3) is 7.23. The molecule has 1 amide bonds. The zero-order valence-corrected chi connectivity index (χ0v) is 20.1. The second kappa shape index (κ2) is 11.2. The van der Waals surface area contributed by atoms with Crippen LogP contribution in [0, 0.1) is 0 Å². The van der Waals surface area contributed by atoms with Gasteiger partial charge in [0.25, 0.3) is 0 Å². The zero-order chi connectivity index (χ0) is 23.8. The van der Waals surface area contributed by atoms with Crippen LogP contribution in [0.25, 0.3) is 6.08 Å². The Balaban J connectivity index is 1.56. The first-order chi connectivity index (χ1) is 15.7. The molecule has 2 N–H and O–H groups in total. The second-order valence-electron chi connectivity index (χ2n) is 7.10. The smallest absolute Gasteiger partial charge is 0.250 e. The van der Waals surface area contributed by atoms with Crippen molar-refractivity contribution in [1.29, 1.82) is 0 Å². The molecule has 6 nitrogen and oxygen atoms in total. The normalized spacial score (nSPS) is 11.5. The lowest BCUT2D eigenvalue weighted by molar-refractivity contribution is -0.115. The fourth-order valence-corrected chi connectivity index (χ4v) is 4.38. The van der Waals surface area contributed by atoms with Crippen molar-refractivity contribution in [3.8, 4) is 0 Å². The fraction of sp³-hybridized carbons (Fsp3) is 0.0833. The number of anilines is 1. The molecule has 0 aliphatic heterocycles. The highest BCUT2D eigenvalue weighted by molar-refractivity contribution is 7.89. The Kier molecular flexibility index (Phi) is 8.35. The number of hydrogen-bond acceptors (Lipinski definition) is 4. The van der Waals surface area contributed by atoms with E-state index >= 15 is 0 Å². The van der Waals surface area contributed by atoms with Crippen LogP contribution in [0.15, 0.2) is 89.8 Å². The van der Waals surface area contributed by atoms with Crippen LogP contribution in [-0.2, 0) is 21.4 Å². The summed E-state index contributed by atoms with van der Waals surface area (Å²) in [6.07, 6.45) is 3.00. The van der Waals surface area contributed by atoms with E-state index in [1.54, 1.807) is 42.5 Å². The van der Waals surface area contributed by atoms with E-state index < -0.39 is 15.9 Å². The largest absolute Gasteiger partial charge is 0.332 e. The SMILES string of the molecule is CN(Cc1ccccc1)S(=O)(=O)c1ccc(NC(=S)NC(=O)/C=C/c2ccc(Cl)cc2)cc1. The Bertz CT molecular complexity index is 1240. The number of benzene rings is 3. The Labute approximate surface area is 203 Å². The number of nitrogens with zero attached hydrogens (tertiary/aromatic N) is 1. The molecule has 170 valence electrons. The van der Waals surface area contributed by atoms with E-state index in [4.69, 9.17) is 23.8 Å². The van der Waals surface area contributed by atoms with E-state index in [0.717, 1.165) is 11.1 Å². The Morgan fingerprint density at radius 1 is 1.00 bits per heavy atom. The first kappa shape index (κ1) is 24.6. The summed E-state index contributed by atoms with van der Waals surface area (Å²) in [5.41, 5.74) is 2.27. The molecule has 3 rings (SSSR count). The van der Waals surface area contributed by atoms with Crippen LogP contribution >= 0.6 is 23.8 Å². The van der Waals surface area contributed by atoms with Crippen LogP contribution < -0.4 is 10.6 Å². The van der Waals surface area contributed by atoms with Crippen LogP contribution in [0.1, 0.15) is 11.1 Å². The molecule has 3 aromatic carbocycles. The molecule has 0 atom stereocenters. The maximum Gasteiger partial charge on any atom is 0.250 e. The van der Waals surface area contributed by atoms with Crippen molar-refractivity contribution in [2.24, 2.45) is 0 Å². The van der Waals surface area contributed by atoms with Crippen molar-refractivity contribution in [2.75, 3.05) is 12.4 Å². The minimum Gasteiger partial charge on any atom is -0.332 e. The average molecular weight is 500 g/mol. The molecule has 0 aromatic heterocycles. The van der Waals surface area contributed by atoms with E-state index in [0.29, 0.717) is 10.7 Å². The number of halogens is 1. The van der Waals surface area contributed by atoms with Crippen LogP contribution in [0.2, 0.25) is 5.02 Å².